The molecule has 1 amide bonds. The number of carbonyl (C=O) groups excluding carboxylic acids is 1. The number of aliphatic hydroxyl groups is 1. The molecule has 2 rings (SSSR count). The average Bonchev–Trinajstić information content (AvgIpc) is 2.42. The van der Waals surface area contributed by atoms with E-state index in [1.165, 1.54) is 12.1 Å². The Morgan fingerprint density at radius 1 is 1.55 bits per heavy atom. The maximum Gasteiger partial charge on any atom is 0.254 e. The normalized spacial score (nSPS) is 22.9. The van der Waals surface area contributed by atoms with Crippen molar-refractivity contribution in [3.8, 4) is 0 Å². The molecule has 1 aromatic rings. The van der Waals surface area contributed by atoms with Crippen LogP contribution in [0.3, 0.4) is 0 Å². The van der Waals surface area contributed by atoms with E-state index in [9.17, 15) is 9.18 Å². The summed E-state index contributed by atoms with van der Waals surface area (Å²) in [5, 5.41) is 9.16. The van der Waals surface area contributed by atoms with Crippen molar-refractivity contribution in [2.75, 3.05) is 25.4 Å². The summed E-state index contributed by atoms with van der Waals surface area (Å²) in [6.45, 7) is 3.93. The zero-order valence-corrected chi connectivity index (χ0v) is 11.6. The topological polar surface area (TPSA) is 75.8 Å². The minimum absolute atomic E-state index is 0.154. The van der Waals surface area contributed by atoms with Crippen LogP contribution in [0, 0.1) is 12.7 Å². The van der Waals surface area contributed by atoms with Crippen LogP contribution in [-0.2, 0) is 4.74 Å². The number of ether oxygens (including phenoxy) is 1. The van der Waals surface area contributed by atoms with E-state index in [1.54, 1.807) is 11.8 Å². The van der Waals surface area contributed by atoms with Gasteiger partial charge in [0, 0.05) is 29.9 Å². The van der Waals surface area contributed by atoms with Crippen molar-refractivity contribution in [1.82, 2.24) is 4.90 Å². The number of nitrogens with zero attached hydrogens (tertiary/aromatic N) is 1. The zero-order valence-electron chi connectivity index (χ0n) is 11.6. The lowest BCUT2D eigenvalue weighted by atomic mass is 10.1. The second-order valence-electron chi connectivity index (χ2n) is 5.13. The number of halogens is 1. The van der Waals surface area contributed by atoms with Crippen molar-refractivity contribution in [3.63, 3.8) is 0 Å². The fraction of sp³-hybridized carbons (Fsp3) is 0.500. The predicted molar refractivity (Wildman–Crippen MR) is 72.9 cm³/mol. The smallest absolute Gasteiger partial charge is 0.254 e. The van der Waals surface area contributed by atoms with Crippen molar-refractivity contribution in [1.29, 1.82) is 0 Å². The molecular formula is C14H19FN2O3. The fourth-order valence-electron chi connectivity index (χ4n) is 2.32. The Bertz CT molecular complexity index is 498. The number of aliphatic hydroxyl groups excluding tert-OH is 1. The van der Waals surface area contributed by atoms with E-state index in [1.807, 2.05) is 6.92 Å². The first-order valence-corrected chi connectivity index (χ1v) is 6.53. The molecular weight excluding hydrogens is 263 g/mol. The van der Waals surface area contributed by atoms with Crippen LogP contribution < -0.4 is 5.73 Å². The number of rotatable bonds is 2. The van der Waals surface area contributed by atoms with Gasteiger partial charge in [0.25, 0.3) is 5.91 Å². The van der Waals surface area contributed by atoms with E-state index in [-0.39, 0.29) is 36.4 Å². The quantitative estimate of drug-likeness (QED) is 0.792. The van der Waals surface area contributed by atoms with Gasteiger partial charge in [-0.2, -0.15) is 0 Å². The molecule has 1 heterocycles. The van der Waals surface area contributed by atoms with Crippen molar-refractivity contribution >= 4 is 11.6 Å². The van der Waals surface area contributed by atoms with E-state index in [0.717, 1.165) is 0 Å². The second-order valence-corrected chi connectivity index (χ2v) is 5.13. The molecule has 1 saturated heterocycles. The molecule has 5 nitrogen and oxygen atoms in total. The molecule has 0 aliphatic carbocycles. The highest BCUT2D eigenvalue weighted by molar-refractivity contribution is 5.95. The highest BCUT2D eigenvalue weighted by Gasteiger charge is 2.29. The van der Waals surface area contributed by atoms with Crippen LogP contribution in [0.2, 0.25) is 0 Å². The van der Waals surface area contributed by atoms with Crippen LogP contribution in [-0.4, -0.2) is 47.8 Å². The summed E-state index contributed by atoms with van der Waals surface area (Å²) in [6.07, 6.45) is -0.576. The molecule has 3 N–H and O–H groups in total. The average molecular weight is 282 g/mol. The summed E-state index contributed by atoms with van der Waals surface area (Å²) in [5.41, 5.74) is 6.51. The summed E-state index contributed by atoms with van der Waals surface area (Å²) in [4.78, 5) is 13.9. The Kier molecular flexibility index (Phi) is 4.25. The van der Waals surface area contributed by atoms with Crippen LogP contribution in [0.1, 0.15) is 22.8 Å². The summed E-state index contributed by atoms with van der Waals surface area (Å²) < 4.78 is 19.1. The largest absolute Gasteiger partial charge is 0.398 e. The molecule has 0 radical (unpaired) electrons. The number of morpholine rings is 1. The van der Waals surface area contributed by atoms with Gasteiger partial charge in [-0.05, 0) is 26.0 Å². The van der Waals surface area contributed by atoms with Gasteiger partial charge in [0.05, 0.1) is 18.8 Å². The third kappa shape index (κ3) is 2.91. The number of carbonyl (C=O) groups is 1. The van der Waals surface area contributed by atoms with E-state index >= 15 is 0 Å². The molecule has 0 saturated carbocycles. The van der Waals surface area contributed by atoms with Crippen molar-refractivity contribution < 1.29 is 19.0 Å². The van der Waals surface area contributed by atoms with Gasteiger partial charge in [0.1, 0.15) is 5.82 Å². The Morgan fingerprint density at radius 3 is 2.85 bits per heavy atom. The van der Waals surface area contributed by atoms with Gasteiger partial charge in [0.15, 0.2) is 0 Å². The van der Waals surface area contributed by atoms with E-state index in [4.69, 9.17) is 15.6 Å². The molecule has 1 aromatic carbocycles. The van der Waals surface area contributed by atoms with Crippen molar-refractivity contribution in [2.24, 2.45) is 0 Å². The highest BCUT2D eigenvalue weighted by Crippen LogP contribution is 2.20. The molecule has 2 atom stereocenters. The molecule has 110 valence electrons. The van der Waals surface area contributed by atoms with Crippen LogP contribution in [0.4, 0.5) is 10.1 Å². The zero-order chi connectivity index (χ0) is 14.9. The van der Waals surface area contributed by atoms with Crippen molar-refractivity contribution in [3.05, 3.63) is 29.1 Å². The first kappa shape index (κ1) is 14.7. The van der Waals surface area contributed by atoms with E-state index in [0.29, 0.717) is 12.1 Å². The van der Waals surface area contributed by atoms with Crippen LogP contribution in [0.25, 0.3) is 0 Å². The number of nitrogens with two attached hydrogens (primary N) is 1. The number of benzene rings is 1. The molecule has 0 spiro atoms. The number of hydrogen-bond acceptors (Lipinski definition) is 4. The lowest BCUT2D eigenvalue weighted by molar-refractivity contribution is -0.0858. The Morgan fingerprint density at radius 2 is 2.25 bits per heavy atom. The SMILES string of the molecule is Cc1c(N)cc(C(=O)N2CC(C)OC(CO)C2)cc1F. The third-order valence-electron chi connectivity index (χ3n) is 3.45. The molecule has 0 bridgehead atoms. The molecule has 20 heavy (non-hydrogen) atoms. The van der Waals surface area contributed by atoms with Gasteiger partial charge in [-0.25, -0.2) is 4.39 Å². The Labute approximate surface area is 117 Å². The monoisotopic (exact) mass is 282 g/mol. The Balaban J connectivity index is 2.22. The van der Waals surface area contributed by atoms with Crippen molar-refractivity contribution in [2.45, 2.75) is 26.1 Å². The summed E-state index contributed by atoms with van der Waals surface area (Å²) >= 11 is 0. The van der Waals surface area contributed by atoms with Gasteiger partial charge < -0.3 is 20.5 Å². The maximum atomic E-state index is 13.7. The molecule has 1 fully saturated rings. The molecule has 1 aliphatic heterocycles. The number of anilines is 1. The minimum atomic E-state index is -0.492. The third-order valence-corrected chi connectivity index (χ3v) is 3.45. The molecule has 0 aromatic heterocycles. The second kappa shape index (κ2) is 5.76. The lowest BCUT2D eigenvalue weighted by Crippen LogP contribution is -2.50. The van der Waals surface area contributed by atoms with Gasteiger partial charge in [-0.15, -0.1) is 0 Å². The first-order valence-electron chi connectivity index (χ1n) is 6.53. The van der Waals surface area contributed by atoms with E-state index < -0.39 is 11.9 Å². The minimum Gasteiger partial charge on any atom is -0.398 e. The van der Waals surface area contributed by atoms with Gasteiger partial charge in [-0.3, -0.25) is 4.79 Å². The number of nitrogen functional groups attached to an aromatic ring is 1. The van der Waals surface area contributed by atoms with Crippen LogP contribution in [0.15, 0.2) is 12.1 Å². The van der Waals surface area contributed by atoms with Gasteiger partial charge >= 0.3 is 0 Å². The first-order chi connectivity index (χ1) is 9.42. The molecule has 1 aliphatic rings. The predicted octanol–water partition coefficient (Wildman–Crippen LogP) is 0.938. The molecule has 2 unspecified atom stereocenters. The van der Waals surface area contributed by atoms with E-state index in [2.05, 4.69) is 0 Å². The standard InChI is InChI=1S/C14H19FN2O3/c1-8-5-17(6-11(7-18)20-8)14(19)10-3-12(15)9(2)13(16)4-10/h3-4,8,11,18H,5-7,16H2,1-2H3. The highest BCUT2D eigenvalue weighted by atomic mass is 19.1. The van der Waals surface area contributed by atoms with Crippen LogP contribution in [0.5, 0.6) is 0 Å². The van der Waals surface area contributed by atoms with Crippen LogP contribution >= 0.6 is 0 Å². The van der Waals surface area contributed by atoms with Gasteiger partial charge in [-0.1, -0.05) is 0 Å². The number of amides is 1. The summed E-state index contributed by atoms with van der Waals surface area (Å²) in [5.74, 6) is -0.794. The molecule has 6 heteroatoms. The summed E-state index contributed by atoms with van der Waals surface area (Å²) in [7, 11) is 0. The Hall–Kier alpha value is -1.66. The fourth-order valence-corrected chi connectivity index (χ4v) is 2.32. The summed E-state index contributed by atoms with van der Waals surface area (Å²) in [6, 6.07) is 2.68. The maximum absolute atomic E-state index is 13.7. The number of hydrogen-bond donors (Lipinski definition) is 2. The lowest BCUT2D eigenvalue weighted by Gasteiger charge is -2.36. The van der Waals surface area contributed by atoms with Gasteiger partial charge in [0.2, 0.25) is 0 Å².